The summed E-state index contributed by atoms with van der Waals surface area (Å²) >= 11 is 0. The maximum absolute atomic E-state index is 13.0. The van der Waals surface area contributed by atoms with Crippen molar-refractivity contribution >= 4 is 23.7 Å². The lowest BCUT2D eigenvalue weighted by atomic mass is 9.98. The first-order valence-electron chi connectivity index (χ1n) is 11.1. The van der Waals surface area contributed by atoms with E-state index in [1.165, 1.54) is 0 Å². The van der Waals surface area contributed by atoms with Crippen molar-refractivity contribution in [3.63, 3.8) is 0 Å². The van der Waals surface area contributed by atoms with Crippen LogP contribution in [0.15, 0.2) is 0 Å². The number of carboxylic acids is 1. The number of aliphatic carboxylic acids is 1. The minimum absolute atomic E-state index is 0.112. The summed E-state index contributed by atoms with van der Waals surface area (Å²) in [4.78, 5) is 49.6. The van der Waals surface area contributed by atoms with Gasteiger partial charge in [0.1, 0.15) is 18.1 Å². The third kappa shape index (κ3) is 10.6. The SMILES string of the molecule is CC(C)CC(N)C(=O)NC(CC(C)C)C(=O)NC(C(=O)NC(C(=O)O)C(C)C)C(C)C. The third-order valence-corrected chi connectivity index (χ3v) is 4.88. The molecule has 0 aromatic heterocycles. The summed E-state index contributed by atoms with van der Waals surface area (Å²) in [7, 11) is 0. The molecule has 0 aromatic rings. The molecule has 0 aliphatic rings. The zero-order chi connectivity index (χ0) is 24.5. The quantitative estimate of drug-likeness (QED) is 0.290. The van der Waals surface area contributed by atoms with Crippen molar-refractivity contribution in [2.75, 3.05) is 0 Å². The van der Waals surface area contributed by atoms with Gasteiger partial charge in [-0.05, 0) is 36.5 Å². The van der Waals surface area contributed by atoms with E-state index in [9.17, 15) is 24.3 Å². The number of nitrogens with one attached hydrogen (secondary N) is 3. The molecule has 4 unspecified atom stereocenters. The number of rotatable bonds is 13. The van der Waals surface area contributed by atoms with Crippen molar-refractivity contribution < 1.29 is 24.3 Å². The van der Waals surface area contributed by atoms with Gasteiger partial charge >= 0.3 is 5.97 Å². The Bertz CT molecular complexity index is 619. The number of hydrogen-bond acceptors (Lipinski definition) is 5. The minimum atomic E-state index is -1.14. The Kier molecular flexibility index (Phi) is 12.4. The highest BCUT2D eigenvalue weighted by atomic mass is 16.4. The first-order chi connectivity index (χ1) is 14.2. The molecule has 9 nitrogen and oxygen atoms in total. The van der Waals surface area contributed by atoms with Gasteiger partial charge in [-0.15, -0.1) is 0 Å². The van der Waals surface area contributed by atoms with Crippen molar-refractivity contribution in [2.45, 2.75) is 92.4 Å². The fraction of sp³-hybridized carbons (Fsp3) is 0.818. The zero-order valence-electron chi connectivity index (χ0n) is 20.2. The van der Waals surface area contributed by atoms with Crippen molar-refractivity contribution in [3.05, 3.63) is 0 Å². The Morgan fingerprint density at radius 1 is 0.677 bits per heavy atom. The van der Waals surface area contributed by atoms with Gasteiger partial charge in [0, 0.05) is 0 Å². The maximum atomic E-state index is 13.0. The average molecular weight is 443 g/mol. The fourth-order valence-electron chi connectivity index (χ4n) is 3.14. The van der Waals surface area contributed by atoms with Crippen LogP contribution in [-0.4, -0.2) is 53.0 Å². The largest absolute Gasteiger partial charge is 0.480 e. The van der Waals surface area contributed by atoms with E-state index in [1.807, 2.05) is 27.7 Å². The van der Waals surface area contributed by atoms with Gasteiger partial charge in [0.05, 0.1) is 6.04 Å². The first kappa shape index (κ1) is 28.8. The molecule has 0 aliphatic heterocycles. The molecule has 6 N–H and O–H groups in total. The molecule has 0 bridgehead atoms. The van der Waals surface area contributed by atoms with Crippen LogP contribution in [0.25, 0.3) is 0 Å². The second-order valence-corrected chi connectivity index (χ2v) is 9.73. The third-order valence-electron chi connectivity index (χ3n) is 4.88. The van der Waals surface area contributed by atoms with E-state index in [0.29, 0.717) is 12.8 Å². The first-order valence-corrected chi connectivity index (χ1v) is 11.1. The second kappa shape index (κ2) is 13.3. The van der Waals surface area contributed by atoms with Crippen LogP contribution in [0.3, 0.4) is 0 Å². The molecule has 0 aliphatic carbocycles. The Morgan fingerprint density at radius 3 is 1.52 bits per heavy atom. The highest BCUT2D eigenvalue weighted by Crippen LogP contribution is 2.10. The van der Waals surface area contributed by atoms with Gasteiger partial charge in [-0.1, -0.05) is 55.4 Å². The molecule has 9 heteroatoms. The number of carboxylic acid groups (broad SMARTS) is 1. The molecule has 4 atom stereocenters. The summed E-state index contributed by atoms with van der Waals surface area (Å²) in [5.74, 6) is -2.88. The fourth-order valence-corrected chi connectivity index (χ4v) is 3.14. The van der Waals surface area contributed by atoms with Crippen LogP contribution in [0, 0.1) is 23.7 Å². The molecule has 31 heavy (non-hydrogen) atoms. The van der Waals surface area contributed by atoms with E-state index < -0.39 is 47.9 Å². The molecule has 180 valence electrons. The highest BCUT2D eigenvalue weighted by Gasteiger charge is 2.33. The van der Waals surface area contributed by atoms with Gasteiger partial charge in [-0.2, -0.15) is 0 Å². The summed E-state index contributed by atoms with van der Waals surface area (Å²) in [5, 5.41) is 17.2. The molecule has 0 spiro atoms. The van der Waals surface area contributed by atoms with E-state index in [4.69, 9.17) is 5.73 Å². The number of carbonyl (C=O) groups is 4. The van der Waals surface area contributed by atoms with Gasteiger partial charge in [0.15, 0.2) is 0 Å². The summed E-state index contributed by atoms with van der Waals surface area (Å²) in [6.45, 7) is 14.7. The number of nitrogens with two attached hydrogens (primary N) is 1. The number of amides is 3. The van der Waals surface area contributed by atoms with Crippen molar-refractivity contribution in [1.29, 1.82) is 0 Å². The molecular weight excluding hydrogens is 400 g/mol. The van der Waals surface area contributed by atoms with Crippen molar-refractivity contribution in [2.24, 2.45) is 29.4 Å². The minimum Gasteiger partial charge on any atom is -0.480 e. The molecule has 0 radical (unpaired) electrons. The Labute approximate surface area is 186 Å². The predicted molar refractivity (Wildman–Crippen MR) is 120 cm³/mol. The van der Waals surface area contributed by atoms with E-state index >= 15 is 0 Å². The van der Waals surface area contributed by atoms with Crippen LogP contribution in [0.1, 0.15) is 68.2 Å². The van der Waals surface area contributed by atoms with E-state index in [0.717, 1.165) is 0 Å². The second-order valence-electron chi connectivity index (χ2n) is 9.73. The van der Waals surface area contributed by atoms with E-state index in [1.54, 1.807) is 27.7 Å². The van der Waals surface area contributed by atoms with Crippen molar-refractivity contribution in [3.8, 4) is 0 Å². The standard InChI is InChI=1S/C22H42N4O5/c1-11(2)9-15(23)19(27)24-16(10-12(3)4)20(28)25-17(13(5)6)21(29)26-18(14(7)8)22(30)31/h11-18H,9-10,23H2,1-8H3,(H,24,27)(H,25,28)(H,26,29)(H,30,31). The number of hydrogen-bond donors (Lipinski definition) is 5. The molecular formula is C22H42N4O5. The number of carbonyl (C=O) groups excluding carboxylic acids is 3. The lowest BCUT2D eigenvalue weighted by molar-refractivity contribution is -0.144. The van der Waals surface area contributed by atoms with Gasteiger partial charge in [-0.25, -0.2) is 4.79 Å². The topological polar surface area (TPSA) is 151 Å². The zero-order valence-corrected chi connectivity index (χ0v) is 20.2. The Morgan fingerprint density at radius 2 is 1.13 bits per heavy atom. The molecule has 0 heterocycles. The van der Waals surface area contributed by atoms with Crippen LogP contribution in [0.4, 0.5) is 0 Å². The van der Waals surface area contributed by atoms with Gasteiger partial charge in [0.25, 0.3) is 0 Å². The monoisotopic (exact) mass is 442 g/mol. The Hall–Kier alpha value is -2.16. The molecule has 0 fully saturated rings. The summed E-state index contributed by atoms with van der Waals surface area (Å²) in [6.07, 6.45) is 0.868. The van der Waals surface area contributed by atoms with E-state index in [-0.39, 0.29) is 23.7 Å². The highest BCUT2D eigenvalue weighted by molar-refractivity contribution is 5.94. The van der Waals surface area contributed by atoms with Crippen LogP contribution in [0.5, 0.6) is 0 Å². The molecule has 0 saturated carbocycles. The van der Waals surface area contributed by atoms with Crippen LogP contribution in [-0.2, 0) is 19.2 Å². The lowest BCUT2D eigenvalue weighted by Gasteiger charge is -2.28. The average Bonchev–Trinajstić information content (AvgIpc) is 2.61. The predicted octanol–water partition coefficient (Wildman–Crippen LogP) is 1.26. The van der Waals surface area contributed by atoms with Crippen LogP contribution < -0.4 is 21.7 Å². The van der Waals surface area contributed by atoms with E-state index in [2.05, 4.69) is 16.0 Å². The summed E-state index contributed by atoms with van der Waals surface area (Å²) < 4.78 is 0. The van der Waals surface area contributed by atoms with Gasteiger partial charge in [0.2, 0.25) is 17.7 Å². The molecule has 0 rings (SSSR count). The molecule has 0 aromatic carbocycles. The van der Waals surface area contributed by atoms with Crippen LogP contribution >= 0.6 is 0 Å². The summed E-state index contributed by atoms with van der Waals surface area (Å²) in [6, 6.07) is -3.58. The van der Waals surface area contributed by atoms with Crippen molar-refractivity contribution in [1.82, 2.24) is 16.0 Å². The lowest BCUT2D eigenvalue weighted by Crippen LogP contribution is -2.59. The normalized spacial score (nSPS) is 15.5. The maximum Gasteiger partial charge on any atom is 0.326 e. The molecule has 3 amide bonds. The molecule has 0 saturated heterocycles. The smallest absolute Gasteiger partial charge is 0.326 e. The van der Waals surface area contributed by atoms with Gasteiger partial charge < -0.3 is 26.8 Å². The summed E-state index contributed by atoms with van der Waals surface area (Å²) in [5.41, 5.74) is 5.94. The van der Waals surface area contributed by atoms with Crippen LogP contribution in [0.2, 0.25) is 0 Å². The van der Waals surface area contributed by atoms with Gasteiger partial charge in [-0.3, -0.25) is 14.4 Å². The Balaban J connectivity index is 5.41.